The lowest BCUT2D eigenvalue weighted by Crippen LogP contribution is -2.20. The molecule has 0 spiro atoms. The molecule has 1 aliphatic heterocycles. The van der Waals surface area contributed by atoms with Crippen molar-refractivity contribution < 1.29 is 9.18 Å². The van der Waals surface area contributed by atoms with Gasteiger partial charge in [0.15, 0.2) is 0 Å². The standard InChI is InChI=1S/C13H15FN2O/c1-3-4-11-8-13(17)16(15-11)12-6-5-10(14)7-9(12)2/h5-7H,3-4,8H2,1-2H3. The highest BCUT2D eigenvalue weighted by Crippen LogP contribution is 2.25. The van der Waals surface area contributed by atoms with Crippen molar-refractivity contribution in [3.63, 3.8) is 0 Å². The minimum Gasteiger partial charge on any atom is -0.272 e. The van der Waals surface area contributed by atoms with E-state index in [1.807, 2.05) is 0 Å². The lowest BCUT2D eigenvalue weighted by Gasteiger charge is -2.14. The Kier molecular flexibility index (Phi) is 3.22. The van der Waals surface area contributed by atoms with Gasteiger partial charge < -0.3 is 0 Å². The average molecular weight is 234 g/mol. The van der Waals surface area contributed by atoms with Crippen LogP contribution in [-0.2, 0) is 4.79 Å². The molecule has 0 fully saturated rings. The van der Waals surface area contributed by atoms with Crippen molar-refractivity contribution in [3.8, 4) is 0 Å². The quantitative estimate of drug-likeness (QED) is 0.791. The van der Waals surface area contributed by atoms with Crippen LogP contribution in [0.4, 0.5) is 10.1 Å². The first-order valence-electron chi connectivity index (χ1n) is 5.77. The Morgan fingerprint density at radius 3 is 2.88 bits per heavy atom. The molecule has 90 valence electrons. The molecule has 0 aliphatic carbocycles. The van der Waals surface area contributed by atoms with Crippen molar-refractivity contribution in [1.82, 2.24) is 0 Å². The van der Waals surface area contributed by atoms with Crippen LogP contribution in [-0.4, -0.2) is 11.6 Å². The molecule has 1 aliphatic rings. The molecule has 0 radical (unpaired) electrons. The molecular formula is C13H15FN2O. The SMILES string of the molecule is CCCC1=NN(c2ccc(F)cc2C)C(=O)C1. The summed E-state index contributed by atoms with van der Waals surface area (Å²) < 4.78 is 13.0. The minimum atomic E-state index is -0.296. The number of benzene rings is 1. The van der Waals surface area contributed by atoms with E-state index in [2.05, 4.69) is 12.0 Å². The van der Waals surface area contributed by atoms with Crippen LogP contribution >= 0.6 is 0 Å². The van der Waals surface area contributed by atoms with Crippen molar-refractivity contribution >= 4 is 17.3 Å². The first-order valence-corrected chi connectivity index (χ1v) is 5.77. The van der Waals surface area contributed by atoms with E-state index in [1.54, 1.807) is 13.0 Å². The van der Waals surface area contributed by atoms with E-state index in [4.69, 9.17) is 0 Å². The molecule has 17 heavy (non-hydrogen) atoms. The van der Waals surface area contributed by atoms with Crippen molar-refractivity contribution in [1.29, 1.82) is 0 Å². The van der Waals surface area contributed by atoms with E-state index in [0.717, 1.165) is 24.1 Å². The molecule has 0 saturated heterocycles. The normalized spacial score (nSPS) is 15.4. The highest BCUT2D eigenvalue weighted by Gasteiger charge is 2.25. The third-order valence-electron chi connectivity index (χ3n) is 2.76. The van der Waals surface area contributed by atoms with Crippen LogP contribution in [0.3, 0.4) is 0 Å². The van der Waals surface area contributed by atoms with E-state index in [-0.39, 0.29) is 11.7 Å². The van der Waals surface area contributed by atoms with Gasteiger partial charge in [-0.2, -0.15) is 5.10 Å². The molecule has 0 atom stereocenters. The van der Waals surface area contributed by atoms with Gasteiger partial charge in [-0.3, -0.25) is 4.79 Å². The molecule has 0 N–H and O–H groups in total. The zero-order valence-corrected chi connectivity index (χ0v) is 10.0. The van der Waals surface area contributed by atoms with Crippen LogP contribution in [0.5, 0.6) is 0 Å². The molecule has 3 nitrogen and oxygen atoms in total. The first-order chi connectivity index (χ1) is 8.11. The van der Waals surface area contributed by atoms with Gasteiger partial charge in [0.1, 0.15) is 5.82 Å². The molecule has 1 aromatic rings. The molecule has 1 aromatic carbocycles. The van der Waals surface area contributed by atoms with Crippen molar-refractivity contribution in [2.45, 2.75) is 33.1 Å². The predicted molar refractivity (Wildman–Crippen MR) is 65.6 cm³/mol. The molecule has 0 unspecified atom stereocenters. The van der Waals surface area contributed by atoms with Gasteiger partial charge in [0.2, 0.25) is 0 Å². The Morgan fingerprint density at radius 2 is 2.24 bits per heavy atom. The van der Waals surface area contributed by atoms with Gasteiger partial charge in [0.05, 0.1) is 12.1 Å². The van der Waals surface area contributed by atoms with E-state index >= 15 is 0 Å². The number of carbonyl (C=O) groups is 1. The number of carbonyl (C=O) groups excluding carboxylic acids is 1. The smallest absolute Gasteiger partial charge is 0.253 e. The highest BCUT2D eigenvalue weighted by atomic mass is 19.1. The maximum atomic E-state index is 13.0. The Morgan fingerprint density at radius 1 is 1.47 bits per heavy atom. The van der Waals surface area contributed by atoms with Crippen LogP contribution in [0.25, 0.3) is 0 Å². The van der Waals surface area contributed by atoms with E-state index in [1.165, 1.54) is 17.1 Å². The molecule has 1 heterocycles. The fraction of sp³-hybridized carbons (Fsp3) is 0.385. The Balaban J connectivity index is 2.30. The van der Waals surface area contributed by atoms with E-state index < -0.39 is 0 Å². The summed E-state index contributed by atoms with van der Waals surface area (Å²) in [5.74, 6) is -0.334. The second-order valence-electron chi connectivity index (χ2n) is 4.23. The van der Waals surface area contributed by atoms with Gasteiger partial charge in [-0.05, 0) is 37.1 Å². The molecule has 0 saturated carbocycles. The number of hydrogen-bond acceptors (Lipinski definition) is 2. The van der Waals surface area contributed by atoms with Gasteiger partial charge in [0, 0.05) is 5.71 Å². The summed E-state index contributed by atoms with van der Waals surface area (Å²) >= 11 is 0. The summed E-state index contributed by atoms with van der Waals surface area (Å²) in [7, 11) is 0. The van der Waals surface area contributed by atoms with Gasteiger partial charge in [-0.25, -0.2) is 9.40 Å². The number of amides is 1. The zero-order chi connectivity index (χ0) is 12.4. The monoisotopic (exact) mass is 234 g/mol. The second kappa shape index (κ2) is 4.65. The lowest BCUT2D eigenvalue weighted by molar-refractivity contribution is -0.116. The van der Waals surface area contributed by atoms with Crippen molar-refractivity contribution in [2.75, 3.05) is 5.01 Å². The maximum absolute atomic E-state index is 13.0. The highest BCUT2D eigenvalue weighted by molar-refractivity contribution is 6.13. The molecule has 2 rings (SSSR count). The van der Waals surface area contributed by atoms with Gasteiger partial charge >= 0.3 is 0 Å². The lowest BCUT2D eigenvalue weighted by atomic mass is 10.1. The summed E-state index contributed by atoms with van der Waals surface area (Å²) in [4.78, 5) is 11.8. The minimum absolute atomic E-state index is 0.0387. The second-order valence-corrected chi connectivity index (χ2v) is 4.23. The number of nitrogens with zero attached hydrogens (tertiary/aromatic N) is 2. The Hall–Kier alpha value is -1.71. The maximum Gasteiger partial charge on any atom is 0.253 e. The van der Waals surface area contributed by atoms with Gasteiger partial charge in [-0.1, -0.05) is 13.3 Å². The van der Waals surface area contributed by atoms with Crippen LogP contribution in [0, 0.1) is 12.7 Å². The fourth-order valence-electron chi connectivity index (χ4n) is 1.95. The molecule has 0 aromatic heterocycles. The molecule has 4 heteroatoms. The fourth-order valence-corrected chi connectivity index (χ4v) is 1.95. The van der Waals surface area contributed by atoms with E-state index in [9.17, 15) is 9.18 Å². The van der Waals surface area contributed by atoms with Gasteiger partial charge in [0.25, 0.3) is 5.91 Å². The number of aryl methyl sites for hydroxylation is 1. The number of halogens is 1. The topological polar surface area (TPSA) is 32.7 Å². The third kappa shape index (κ3) is 2.35. The zero-order valence-electron chi connectivity index (χ0n) is 10.0. The van der Waals surface area contributed by atoms with Crippen molar-refractivity contribution in [2.24, 2.45) is 5.10 Å². The van der Waals surface area contributed by atoms with Crippen LogP contribution in [0.2, 0.25) is 0 Å². The Bertz CT molecular complexity index is 482. The summed E-state index contributed by atoms with van der Waals surface area (Å²) in [5, 5.41) is 5.69. The number of hydrazone groups is 1. The summed E-state index contributed by atoms with van der Waals surface area (Å²) in [5.41, 5.74) is 2.29. The number of rotatable bonds is 3. The van der Waals surface area contributed by atoms with E-state index in [0.29, 0.717) is 12.1 Å². The van der Waals surface area contributed by atoms with Crippen LogP contribution in [0.15, 0.2) is 23.3 Å². The Labute approximate surface area is 99.9 Å². The molecular weight excluding hydrogens is 219 g/mol. The molecule has 1 amide bonds. The summed E-state index contributed by atoms with van der Waals surface area (Å²) in [6.07, 6.45) is 2.19. The number of anilines is 1. The van der Waals surface area contributed by atoms with Crippen LogP contribution < -0.4 is 5.01 Å². The van der Waals surface area contributed by atoms with Crippen molar-refractivity contribution in [3.05, 3.63) is 29.6 Å². The third-order valence-corrected chi connectivity index (χ3v) is 2.76. The summed E-state index contributed by atoms with van der Waals surface area (Å²) in [6.45, 7) is 3.83. The summed E-state index contributed by atoms with van der Waals surface area (Å²) in [6, 6.07) is 4.36. The largest absolute Gasteiger partial charge is 0.272 e. The predicted octanol–water partition coefficient (Wildman–Crippen LogP) is 3.03. The number of hydrogen-bond donors (Lipinski definition) is 0. The molecule has 0 bridgehead atoms. The van der Waals surface area contributed by atoms with Crippen LogP contribution in [0.1, 0.15) is 31.7 Å². The first kappa shape index (κ1) is 11.8. The van der Waals surface area contributed by atoms with Gasteiger partial charge in [-0.15, -0.1) is 0 Å². The average Bonchev–Trinajstić information content (AvgIpc) is 2.60.